The molecular weight excluding hydrogens is 204 g/mol. The lowest BCUT2D eigenvalue weighted by Crippen LogP contribution is -1.88. The van der Waals surface area contributed by atoms with Crippen LogP contribution in [0.15, 0.2) is 34.9 Å². The van der Waals surface area contributed by atoms with E-state index in [4.69, 9.17) is 9.78 Å². The highest BCUT2D eigenvalue weighted by molar-refractivity contribution is 5.59. The minimum Gasteiger partial charge on any atom is -0.387 e. The number of benzene rings is 1. The van der Waals surface area contributed by atoms with E-state index in [2.05, 4.69) is 11.2 Å². The van der Waals surface area contributed by atoms with Crippen LogP contribution in [0.2, 0.25) is 0 Å². The van der Waals surface area contributed by atoms with E-state index < -0.39 is 6.10 Å². The zero-order chi connectivity index (χ0) is 11.5. The van der Waals surface area contributed by atoms with Gasteiger partial charge in [-0.05, 0) is 19.1 Å². The van der Waals surface area contributed by atoms with Crippen molar-refractivity contribution in [2.24, 2.45) is 0 Å². The van der Waals surface area contributed by atoms with Gasteiger partial charge in [0.05, 0.1) is 17.7 Å². The number of nitriles is 1. The van der Waals surface area contributed by atoms with Gasteiger partial charge in [-0.3, -0.25) is 0 Å². The molecule has 1 heterocycles. The van der Waals surface area contributed by atoms with Crippen LogP contribution in [0.25, 0.3) is 11.3 Å². The van der Waals surface area contributed by atoms with Crippen molar-refractivity contribution in [3.8, 4) is 17.4 Å². The van der Waals surface area contributed by atoms with Crippen molar-refractivity contribution in [1.29, 1.82) is 5.26 Å². The lowest BCUT2D eigenvalue weighted by Gasteiger charge is -1.95. The molecule has 4 heteroatoms. The Labute approximate surface area is 92.7 Å². The Hall–Kier alpha value is -2.12. The third-order valence-electron chi connectivity index (χ3n) is 2.23. The summed E-state index contributed by atoms with van der Waals surface area (Å²) in [6.45, 7) is 1.62. The number of nitrogens with zero attached hydrogens (tertiary/aromatic N) is 2. The molecule has 16 heavy (non-hydrogen) atoms. The van der Waals surface area contributed by atoms with E-state index in [1.54, 1.807) is 31.2 Å². The number of rotatable bonds is 2. The third-order valence-corrected chi connectivity index (χ3v) is 2.23. The van der Waals surface area contributed by atoms with Gasteiger partial charge in [0.1, 0.15) is 5.69 Å². The lowest BCUT2D eigenvalue weighted by molar-refractivity contribution is 0.188. The molecule has 1 N–H and O–H groups in total. The predicted octanol–water partition coefficient (Wildman–Crippen LogP) is 2.27. The standard InChI is InChI=1S/C12H10N2O2/c1-8(15)11-6-12(16-14-11)10-4-2-3-9(5-10)7-13/h2-6,8,15H,1H3. The molecule has 0 saturated carbocycles. The zero-order valence-corrected chi connectivity index (χ0v) is 8.71. The normalized spacial score (nSPS) is 12.1. The molecule has 1 aromatic carbocycles. The van der Waals surface area contributed by atoms with Gasteiger partial charge in [0.15, 0.2) is 5.76 Å². The van der Waals surface area contributed by atoms with Crippen LogP contribution in [0.1, 0.15) is 24.3 Å². The average molecular weight is 214 g/mol. The highest BCUT2D eigenvalue weighted by Gasteiger charge is 2.10. The Morgan fingerprint density at radius 3 is 2.88 bits per heavy atom. The number of aliphatic hydroxyl groups excluding tert-OH is 1. The molecule has 0 aliphatic rings. The molecule has 0 amide bonds. The summed E-state index contributed by atoms with van der Waals surface area (Å²) in [5, 5.41) is 21.8. The fraction of sp³-hybridized carbons (Fsp3) is 0.167. The number of aliphatic hydroxyl groups is 1. The monoisotopic (exact) mass is 214 g/mol. The van der Waals surface area contributed by atoms with E-state index >= 15 is 0 Å². The van der Waals surface area contributed by atoms with E-state index in [-0.39, 0.29) is 0 Å². The Morgan fingerprint density at radius 1 is 1.44 bits per heavy atom. The number of aromatic nitrogens is 1. The first-order chi connectivity index (χ1) is 7.70. The van der Waals surface area contributed by atoms with E-state index in [1.165, 1.54) is 0 Å². The van der Waals surface area contributed by atoms with Gasteiger partial charge in [0.2, 0.25) is 0 Å². The van der Waals surface area contributed by atoms with Crippen LogP contribution < -0.4 is 0 Å². The van der Waals surface area contributed by atoms with Crippen molar-refractivity contribution in [3.05, 3.63) is 41.6 Å². The van der Waals surface area contributed by atoms with Gasteiger partial charge in [-0.25, -0.2) is 0 Å². The molecule has 0 aliphatic heterocycles. The molecule has 0 saturated heterocycles. The van der Waals surface area contributed by atoms with Crippen molar-refractivity contribution in [2.45, 2.75) is 13.0 Å². The van der Waals surface area contributed by atoms with Crippen molar-refractivity contribution >= 4 is 0 Å². The van der Waals surface area contributed by atoms with E-state index in [1.807, 2.05) is 6.07 Å². The van der Waals surface area contributed by atoms with Crippen molar-refractivity contribution in [1.82, 2.24) is 5.16 Å². The smallest absolute Gasteiger partial charge is 0.167 e. The van der Waals surface area contributed by atoms with Crippen molar-refractivity contribution in [2.75, 3.05) is 0 Å². The molecule has 1 unspecified atom stereocenters. The number of hydrogen-bond donors (Lipinski definition) is 1. The summed E-state index contributed by atoms with van der Waals surface area (Å²) >= 11 is 0. The molecule has 0 radical (unpaired) electrons. The van der Waals surface area contributed by atoms with Gasteiger partial charge in [-0.2, -0.15) is 5.26 Å². The molecule has 0 spiro atoms. The summed E-state index contributed by atoms with van der Waals surface area (Å²) < 4.78 is 5.09. The van der Waals surface area contributed by atoms with Crippen LogP contribution in [0, 0.1) is 11.3 Å². The van der Waals surface area contributed by atoms with Crippen LogP contribution in [-0.2, 0) is 0 Å². The highest BCUT2D eigenvalue weighted by atomic mass is 16.5. The van der Waals surface area contributed by atoms with Gasteiger partial charge in [0, 0.05) is 11.6 Å². The first-order valence-corrected chi connectivity index (χ1v) is 4.86. The van der Waals surface area contributed by atoms with E-state index in [0.29, 0.717) is 17.0 Å². The summed E-state index contributed by atoms with van der Waals surface area (Å²) in [7, 11) is 0. The maximum atomic E-state index is 9.31. The van der Waals surface area contributed by atoms with Gasteiger partial charge in [-0.1, -0.05) is 17.3 Å². The minimum absolute atomic E-state index is 0.484. The largest absolute Gasteiger partial charge is 0.387 e. The summed E-state index contributed by atoms with van der Waals surface area (Å²) in [4.78, 5) is 0. The Morgan fingerprint density at radius 2 is 2.25 bits per heavy atom. The summed E-state index contributed by atoms with van der Waals surface area (Å²) in [6, 6.07) is 10.8. The maximum Gasteiger partial charge on any atom is 0.167 e. The molecule has 1 atom stereocenters. The third kappa shape index (κ3) is 1.95. The van der Waals surface area contributed by atoms with Crippen molar-refractivity contribution < 1.29 is 9.63 Å². The van der Waals surface area contributed by atoms with Gasteiger partial charge in [0.25, 0.3) is 0 Å². The zero-order valence-electron chi connectivity index (χ0n) is 8.71. The van der Waals surface area contributed by atoms with E-state index in [0.717, 1.165) is 5.56 Å². The fourth-order valence-corrected chi connectivity index (χ4v) is 1.36. The highest BCUT2D eigenvalue weighted by Crippen LogP contribution is 2.23. The van der Waals surface area contributed by atoms with Crippen LogP contribution in [-0.4, -0.2) is 10.3 Å². The lowest BCUT2D eigenvalue weighted by atomic mass is 10.1. The molecule has 0 fully saturated rings. The molecular formula is C12H10N2O2. The SMILES string of the molecule is CC(O)c1cc(-c2cccc(C#N)c2)on1. The Bertz CT molecular complexity index is 538. The molecule has 4 nitrogen and oxygen atoms in total. The summed E-state index contributed by atoms with van der Waals surface area (Å²) in [5.74, 6) is 0.549. The first kappa shape index (κ1) is 10.4. The van der Waals surface area contributed by atoms with Crippen LogP contribution in [0.5, 0.6) is 0 Å². The molecule has 2 rings (SSSR count). The predicted molar refractivity (Wildman–Crippen MR) is 57.3 cm³/mol. The molecule has 80 valence electrons. The maximum absolute atomic E-state index is 9.31. The molecule has 1 aromatic heterocycles. The van der Waals surface area contributed by atoms with E-state index in [9.17, 15) is 5.11 Å². The Balaban J connectivity index is 2.39. The minimum atomic E-state index is -0.656. The number of hydrogen-bond acceptors (Lipinski definition) is 4. The van der Waals surface area contributed by atoms with Crippen LogP contribution >= 0.6 is 0 Å². The molecule has 0 aliphatic carbocycles. The van der Waals surface area contributed by atoms with Crippen LogP contribution in [0.3, 0.4) is 0 Å². The van der Waals surface area contributed by atoms with Crippen molar-refractivity contribution in [3.63, 3.8) is 0 Å². The Kier molecular flexibility index (Phi) is 2.71. The van der Waals surface area contributed by atoms with Gasteiger partial charge in [-0.15, -0.1) is 0 Å². The molecule has 2 aromatic rings. The second kappa shape index (κ2) is 4.17. The first-order valence-electron chi connectivity index (χ1n) is 4.86. The van der Waals surface area contributed by atoms with Gasteiger partial charge < -0.3 is 9.63 Å². The van der Waals surface area contributed by atoms with Gasteiger partial charge >= 0.3 is 0 Å². The average Bonchev–Trinajstić information content (AvgIpc) is 2.78. The summed E-state index contributed by atoms with van der Waals surface area (Å²) in [6.07, 6.45) is -0.656. The fourth-order valence-electron chi connectivity index (χ4n) is 1.36. The quantitative estimate of drug-likeness (QED) is 0.832. The van der Waals surface area contributed by atoms with Crippen LogP contribution in [0.4, 0.5) is 0 Å². The second-order valence-electron chi connectivity index (χ2n) is 3.48. The topological polar surface area (TPSA) is 70.0 Å². The molecule has 0 bridgehead atoms. The summed E-state index contributed by atoms with van der Waals surface area (Å²) in [5.41, 5.74) is 1.82. The second-order valence-corrected chi connectivity index (χ2v) is 3.48.